The molecular formula is C23H20Na3O5P. The number of hydrogen-bond donors (Lipinski definition) is 0. The first-order valence-corrected chi connectivity index (χ1v) is 9.84. The monoisotopic (exact) mass is 476 g/mol. The fourth-order valence-corrected chi connectivity index (χ4v) is 2.92. The first-order valence-electron chi connectivity index (χ1n) is 8.75. The molecule has 0 bridgehead atoms. The molecule has 0 aromatic heterocycles. The van der Waals surface area contributed by atoms with E-state index in [-0.39, 0.29) is 88.7 Å². The Kier molecular flexibility index (Phi) is 18.9. The van der Waals surface area contributed by atoms with Gasteiger partial charge in [0.1, 0.15) is 0 Å². The van der Waals surface area contributed by atoms with Crippen LogP contribution in [0.3, 0.4) is 0 Å². The summed E-state index contributed by atoms with van der Waals surface area (Å²) >= 11 is 0. The molecular weight excluding hydrogens is 456 g/mol. The molecule has 9 heteroatoms. The van der Waals surface area contributed by atoms with Gasteiger partial charge < -0.3 is 28.0 Å². The van der Waals surface area contributed by atoms with Gasteiger partial charge in [-0.3, -0.25) is 0 Å². The minimum Gasteiger partial charge on any atom is -0.854 e. The van der Waals surface area contributed by atoms with Crippen LogP contribution in [0.5, 0.6) is 0 Å². The number of carbonyl (C=O) groups excluding carboxylic acids is 1. The second kappa shape index (κ2) is 17.6. The molecule has 0 heterocycles. The molecule has 3 aromatic rings. The van der Waals surface area contributed by atoms with Crippen LogP contribution in [-0.2, 0) is 15.1 Å². The van der Waals surface area contributed by atoms with Gasteiger partial charge in [-0.05, 0) is 6.92 Å². The molecule has 3 aromatic carbocycles. The van der Waals surface area contributed by atoms with Crippen LogP contribution in [0.4, 0.5) is 0 Å². The van der Waals surface area contributed by atoms with Gasteiger partial charge in [0.15, 0.2) is 5.60 Å². The van der Waals surface area contributed by atoms with Gasteiger partial charge in [-0.25, -0.2) is 4.79 Å². The molecule has 0 spiro atoms. The van der Waals surface area contributed by atoms with E-state index in [1.165, 1.54) is 0 Å². The van der Waals surface area contributed by atoms with Crippen molar-refractivity contribution in [1.82, 2.24) is 0 Å². The van der Waals surface area contributed by atoms with Crippen molar-refractivity contribution < 1.29 is 113 Å². The van der Waals surface area contributed by atoms with Gasteiger partial charge in [0.2, 0.25) is 0 Å². The van der Waals surface area contributed by atoms with Crippen molar-refractivity contribution in [3.8, 4) is 0 Å². The number of benzene rings is 3. The molecule has 0 amide bonds. The quantitative estimate of drug-likeness (QED) is 0.120. The second-order valence-corrected chi connectivity index (χ2v) is 6.62. The molecule has 0 atom stereocenters. The first kappa shape index (κ1) is 34.3. The maximum atomic E-state index is 12.6. The Morgan fingerprint density at radius 1 is 0.719 bits per heavy atom. The summed E-state index contributed by atoms with van der Waals surface area (Å²) in [5, 5.41) is 0. The van der Waals surface area contributed by atoms with Crippen molar-refractivity contribution in [2.24, 2.45) is 0 Å². The number of hydrogen-bond acceptors (Lipinski definition) is 5. The summed E-state index contributed by atoms with van der Waals surface area (Å²) in [5.74, 6) is -0.420. The molecule has 0 unspecified atom stereocenters. The topological polar surface area (TPSA) is 95.5 Å². The van der Waals surface area contributed by atoms with Crippen molar-refractivity contribution >= 4 is 14.6 Å². The fraction of sp³-hybridized carbons (Fsp3) is 0.0870. The predicted molar refractivity (Wildman–Crippen MR) is 107 cm³/mol. The van der Waals surface area contributed by atoms with Crippen LogP contribution in [0.1, 0.15) is 23.6 Å². The average molecular weight is 476 g/mol. The van der Waals surface area contributed by atoms with E-state index in [1.54, 1.807) is 6.92 Å². The van der Waals surface area contributed by atoms with Crippen molar-refractivity contribution in [3.05, 3.63) is 120 Å². The zero-order valence-corrected chi connectivity index (χ0v) is 25.8. The Labute approximate surface area is 256 Å². The van der Waals surface area contributed by atoms with Crippen LogP contribution >= 0.6 is 8.60 Å². The van der Waals surface area contributed by atoms with Gasteiger partial charge in [0, 0.05) is 22.3 Å². The van der Waals surface area contributed by atoms with Crippen molar-refractivity contribution in [2.45, 2.75) is 12.5 Å². The van der Waals surface area contributed by atoms with E-state index in [2.05, 4.69) is 6.58 Å². The molecule has 0 aliphatic rings. The molecule has 32 heavy (non-hydrogen) atoms. The van der Waals surface area contributed by atoms with Crippen molar-refractivity contribution in [1.29, 1.82) is 0 Å². The average Bonchev–Trinajstić information content (AvgIpc) is 2.73. The Morgan fingerprint density at radius 3 is 1.19 bits per heavy atom. The Bertz CT molecular complexity index is 827. The number of esters is 1. The van der Waals surface area contributed by atoms with Crippen LogP contribution in [0.25, 0.3) is 0 Å². The minimum atomic E-state index is -3.37. The van der Waals surface area contributed by atoms with E-state index >= 15 is 0 Å². The van der Waals surface area contributed by atoms with Gasteiger partial charge in [-0.2, -0.15) is 0 Å². The zero-order valence-electron chi connectivity index (χ0n) is 18.9. The summed E-state index contributed by atoms with van der Waals surface area (Å²) in [6.45, 7) is 5.41. The van der Waals surface area contributed by atoms with Crippen molar-refractivity contribution in [3.63, 3.8) is 0 Å². The molecule has 0 radical (unpaired) electrons. The number of rotatable bonds is 5. The minimum absolute atomic E-state index is 0. The van der Waals surface area contributed by atoms with E-state index in [0.717, 1.165) is 16.7 Å². The van der Waals surface area contributed by atoms with Gasteiger partial charge in [-0.15, -0.1) is 0 Å². The third-order valence-corrected chi connectivity index (χ3v) is 4.14. The fourth-order valence-electron chi connectivity index (χ4n) is 2.92. The summed E-state index contributed by atoms with van der Waals surface area (Å²) in [7, 11) is -3.37. The van der Waals surface area contributed by atoms with E-state index in [9.17, 15) is 4.79 Å². The van der Waals surface area contributed by atoms with Gasteiger partial charge in [0.05, 0.1) is 0 Å². The summed E-state index contributed by atoms with van der Waals surface area (Å²) < 4.78 is 6.12. The van der Waals surface area contributed by atoms with E-state index in [1.807, 2.05) is 91.0 Å². The Balaban J connectivity index is 0. The summed E-state index contributed by atoms with van der Waals surface area (Å²) in [6.07, 6.45) is 0. The SMILES string of the molecule is C=C(C)C(=O)OC(c1ccccc1)(c1ccccc1)c1ccccc1.[Na+].[Na+].[Na+].[O-]P([O-])[O-]. The maximum Gasteiger partial charge on any atom is 1.00 e. The van der Waals surface area contributed by atoms with E-state index in [4.69, 9.17) is 19.4 Å². The summed E-state index contributed by atoms with van der Waals surface area (Å²) in [5.41, 5.74) is 2.01. The van der Waals surface area contributed by atoms with Crippen LogP contribution in [0, 0.1) is 0 Å². The molecule has 3 rings (SSSR count). The van der Waals surface area contributed by atoms with Crippen molar-refractivity contribution in [2.75, 3.05) is 0 Å². The molecule has 0 N–H and O–H groups in total. The summed E-state index contributed by atoms with van der Waals surface area (Å²) in [6, 6.07) is 29.4. The van der Waals surface area contributed by atoms with Gasteiger partial charge in [-0.1, -0.05) is 97.6 Å². The third kappa shape index (κ3) is 9.81. The third-order valence-electron chi connectivity index (χ3n) is 4.14. The van der Waals surface area contributed by atoms with Crippen LogP contribution in [-0.4, -0.2) is 5.97 Å². The van der Waals surface area contributed by atoms with E-state index < -0.39 is 20.2 Å². The first-order chi connectivity index (χ1) is 13.9. The van der Waals surface area contributed by atoms with Gasteiger partial charge >= 0.3 is 94.6 Å². The molecule has 0 saturated carbocycles. The largest absolute Gasteiger partial charge is 1.00 e. The summed E-state index contributed by atoms with van der Waals surface area (Å²) in [4.78, 5) is 38.0. The normalized spacial score (nSPS) is 9.66. The van der Waals surface area contributed by atoms with Crippen LogP contribution in [0.2, 0.25) is 0 Å². The zero-order chi connectivity index (χ0) is 21.3. The number of carbonyl (C=O) groups is 1. The predicted octanol–water partition coefficient (Wildman–Crippen LogP) is -6.60. The molecule has 0 fully saturated rings. The molecule has 5 nitrogen and oxygen atoms in total. The number of ether oxygens (including phenoxy) is 1. The van der Waals surface area contributed by atoms with Crippen LogP contribution < -0.4 is 103 Å². The standard InChI is InChI=1S/C23H20O2.3Na.O3P/c1-18(2)22(24)25-23(19-12-6-3-7-13-19,20-14-8-4-9-15-20)21-16-10-5-11-17-21;;;;1-4(2)3/h3-17H,1H2,2H3;;;;/q;3*+1;-3. The molecule has 0 saturated heterocycles. The Morgan fingerprint density at radius 2 is 0.969 bits per heavy atom. The smallest absolute Gasteiger partial charge is 0.854 e. The van der Waals surface area contributed by atoms with Gasteiger partial charge in [0.25, 0.3) is 0 Å². The Hall–Kier alpha value is 0.180. The maximum absolute atomic E-state index is 12.6. The molecule has 0 aliphatic heterocycles. The molecule has 150 valence electrons. The van der Waals surface area contributed by atoms with Crippen LogP contribution in [0.15, 0.2) is 103 Å². The second-order valence-electron chi connectivity index (χ2n) is 6.17. The molecule has 0 aliphatic carbocycles. The van der Waals surface area contributed by atoms with E-state index in [0.29, 0.717) is 5.57 Å².